The largest absolute Gasteiger partial charge is 0.454 e. The Hall–Kier alpha value is -2.84. The lowest BCUT2D eigenvalue weighted by Gasteiger charge is -2.24. The van der Waals surface area contributed by atoms with Gasteiger partial charge in [-0.15, -0.1) is 11.8 Å². The monoisotopic (exact) mass is 472 g/mol. The summed E-state index contributed by atoms with van der Waals surface area (Å²) in [5.41, 5.74) is 2.75. The first-order chi connectivity index (χ1) is 15.2. The Kier molecular flexibility index (Phi) is 6.26. The van der Waals surface area contributed by atoms with Crippen molar-refractivity contribution in [1.29, 1.82) is 0 Å². The lowest BCUT2D eigenvalue weighted by molar-refractivity contribution is -0.147. The van der Waals surface area contributed by atoms with Crippen LogP contribution in [-0.4, -0.2) is 41.5 Å². The molecule has 166 valence electrons. The van der Waals surface area contributed by atoms with Crippen LogP contribution in [0.3, 0.4) is 0 Å². The number of amides is 2. The number of hydrogen-bond acceptors (Lipinski definition) is 6. The zero-order chi connectivity index (χ0) is 23.0. The zero-order valence-electron chi connectivity index (χ0n) is 17.5. The van der Waals surface area contributed by atoms with Gasteiger partial charge in [0.15, 0.2) is 6.10 Å². The van der Waals surface area contributed by atoms with Gasteiger partial charge in [-0.1, -0.05) is 11.6 Å². The topological polar surface area (TPSA) is 92.8 Å². The number of carbonyl (C=O) groups is 4. The minimum Gasteiger partial charge on any atom is -0.454 e. The number of Topliss-reactive ketones (excluding diaryl/α,β-unsaturated/α-hetero) is 1. The maximum absolute atomic E-state index is 12.8. The minimum absolute atomic E-state index is 0.0412. The number of nitrogens with zero attached hydrogens (tertiary/aromatic N) is 1. The molecule has 2 aromatic carbocycles. The maximum Gasteiger partial charge on any atom is 0.308 e. The second-order valence-corrected chi connectivity index (χ2v) is 9.38. The van der Waals surface area contributed by atoms with Crippen molar-refractivity contribution in [3.05, 3.63) is 52.5 Å². The number of thioether (sulfide) groups is 1. The van der Waals surface area contributed by atoms with Gasteiger partial charge in [0.05, 0.1) is 17.4 Å². The molecule has 1 N–H and O–H groups in total. The number of ketones is 1. The van der Waals surface area contributed by atoms with Gasteiger partial charge in [0.2, 0.25) is 17.6 Å². The first-order valence-electron chi connectivity index (χ1n) is 10.1. The normalized spacial score (nSPS) is 17.8. The quantitative estimate of drug-likeness (QED) is 0.524. The van der Waals surface area contributed by atoms with Gasteiger partial charge in [-0.3, -0.25) is 19.2 Å². The second-order valence-electron chi connectivity index (χ2n) is 7.70. The molecule has 2 aromatic rings. The predicted molar refractivity (Wildman–Crippen MR) is 122 cm³/mol. The Morgan fingerprint density at radius 3 is 2.78 bits per heavy atom. The fourth-order valence-electron chi connectivity index (χ4n) is 3.82. The van der Waals surface area contributed by atoms with Crippen molar-refractivity contribution >= 4 is 58.3 Å². The van der Waals surface area contributed by atoms with E-state index in [-0.39, 0.29) is 24.0 Å². The van der Waals surface area contributed by atoms with E-state index in [1.807, 2.05) is 0 Å². The second kappa shape index (κ2) is 8.96. The van der Waals surface area contributed by atoms with E-state index in [1.54, 1.807) is 41.3 Å². The lowest BCUT2D eigenvalue weighted by Crippen LogP contribution is -2.33. The standard InChI is InChI=1S/C23H21ClN2O5S/c1-12(22(29)15-3-5-18-14(9-15)7-8-26(18)13(2)27)31-21(28)11-20-23(30)25-17-10-16(24)4-6-19(17)32-20/h3-6,9-10,12,20H,7-8,11H2,1-2H3,(H,25,30). The smallest absolute Gasteiger partial charge is 0.308 e. The van der Waals surface area contributed by atoms with Crippen LogP contribution in [-0.2, 0) is 25.5 Å². The molecule has 32 heavy (non-hydrogen) atoms. The number of benzene rings is 2. The third-order valence-electron chi connectivity index (χ3n) is 5.43. The van der Waals surface area contributed by atoms with Crippen molar-refractivity contribution in [3.63, 3.8) is 0 Å². The minimum atomic E-state index is -0.992. The molecule has 9 heteroatoms. The molecule has 0 fully saturated rings. The summed E-state index contributed by atoms with van der Waals surface area (Å²) < 4.78 is 5.34. The summed E-state index contributed by atoms with van der Waals surface area (Å²) in [5.74, 6) is -1.31. The van der Waals surface area contributed by atoms with Gasteiger partial charge >= 0.3 is 5.97 Å². The number of rotatable bonds is 5. The molecule has 2 aliphatic heterocycles. The molecular weight excluding hydrogens is 452 g/mol. The highest BCUT2D eigenvalue weighted by atomic mass is 35.5. The van der Waals surface area contributed by atoms with Crippen LogP contribution < -0.4 is 10.2 Å². The Labute approximate surface area is 194 Å². The van der Waals surface area contributed by atoms with E-state index in [0.29, 0.717) is 29.2 Å². The van der Waals surface area contributed by atoms with Crippen LogP contribution >= 0.6 is 23.4 Å². The first kappa shape index (κ1) is 22.4. The molecule has 2 aliphatic rings. The van der Waals surface area contributed by atoms with Crippen molar-refractivity contribution in [2.75, 3.05) is 16.8 Å². The third kappa shape index (κ3) is 4.52. The Morgan fingerprint density at radius 1 is 1.25 bits per heavy atom. The molecule has 2 unspecified atom stereocenters. The number of carbonyl (C=O) groups excluding carboxylic acids is 4. The number of ether oxygens (including phenoxy) is 1. The summed E-state index contributed by atoms with van der Waals surface area (Å²) >= 11 is 7.21. The van der Waals surface area contributed by atoms with E-state index in [2.05, 4.69) is 5.32 Å². The van der Waals surface area contributed by atoms with E-state index in [9.17, 15) is 19.2 Å². The fourth-order valence-corrected chi connectivity index (χ4v) is 5.07. The van der Waals surface area contributed by atoms with Crippen LogP contribution in [0.2, 0.25) is 5.02 Å². The molecule has 7 nitrogen and oxygen atoms in total. The lowest BCUT2D eigenvalue weighted by atomic mass is 10.0. The van der Waals surface area contributed by atoms with E-state index < -0.39 is 17.3 Å². The molecule has 0 radical (unpaired) electrons. The summed E-state index contributed by atoms with van der Waals surface area (Å²) in [7, 11) is 0. The van der Waals surface area contributed by atoms with Crippen LogP contribution in [0, 0.1) is 0 Å². The van der Waals surface area contributed by atoms with Crippen LogP contribution in [0.5, 0.6) is 0 Å². The number of hydrogen-bond donors (Lipinski definition) is 1. The number of fused-ring (bicyclic) bond motifs is 2. The van der Waals surface area contributed by atoms with Crippen LogP contribution in [0.25, 0.3) is 0 Å². The van der Waals surface area contributed by atoms with Gasteiger partial charge in [0, 0.05) is 34.6 Å². The fraction of sp³-hybridized carbons (Fsp3) is 0.304. The van der Waals surface area contributed by atoms with Crippen molar-refractivity contribution in [3.8, 4) is 0 Å². The molecule has 4 rings (SSSR count). The zero-order valence-corrected chi connectivity index (χ0v) is 19.1. The number of esters is 1. The average Bonchev–Trinajstić information content (AvgIpc) is 3.17. The predicted octanol–water partition coefficient (Wildman–Crippen LogP) is 3.87. The molecule has 0 saturated heterocycles. The maximum atomic E-state index is 12.8. The van der Waals surface area contributed by atoms with Gasteiger partial charge in [0.25, 0.3) is 0 Å². The molecule has 0 aliphatic carbocycles. The summed E-state index contributed by atoms with van der Waals surface area (Å²) in [6.07, 6.45) is -0.479. The number of anilines is 2. The average molecular weight is 473 g/mol. The van der Waals surface area contributed by atoms with E-state index in [1.165, 1.54) is 25.6 Å². The van der Waals surface area contributed by atoms with Gasteiger partial charge in [-0.2, -0.15) is 0 Å². The molecule has 2 heterocycles. The summed E-state index contributed by atoms with van der Waals surface area (Å²) in [5, 5.41) is 2.60. The van der Waals surface area contributed by atoms with Crippen LogP contribution in [0.15, 0.2) is 41.3 Å². The summed E-state index contributed by atoms with van der Waals surface area (Å²) in [6.45, 7) is 3.61. The van der Waals surface area contributed by atoms with Crippen molar-refractivity contribution in [2.45, 2.75) is 42.9 Å². The van der Waals surface area contributed by atoms with Crippen molar-refractivity contribution < 1.29 is 23.9 Å². The first-order valence-corrected chi connectivity index (χ1v) is 11.4. The van der Waals surface area contributed by atoms with Crippen molar-refractivity contribution in [2.24, 2.45) is 0 Å². The molecular formula is C23H21ClN2O5S. The van der Waals surface area contributed by atoms with Gasteiger partial charge < -0.3 is 15.0 Å². The molecule has 0 aromatic heterocycles. The summed E-state index contributed by atoms with van der Waals surface area (Å²) in [4.78, 5) is 51.8. The Balaban J connectivity index is 1.38. The van der Waals surface area contributed by atoms with Crippen molar-refractivity contribution in [1.82, 2.24) is 0 Å². The van der Waals surface area contributed by atoms with E-state index in [4.69, 9.17) is 16.3 Å². The highest BCUT2D eigenvalue weighted by molar-refractivity contribution is 8.01. The third-order valence-corrected chi connectivity index (χ3v) is 6.94. The summed E-state index contributed by atoms with van der Waals surface area (Å²) in [6, 6.07) is 10.3. The molecule has 2 amide bonds. The molecule has 0 spiro atoms. The molecule has 0 saturated carbocycles. The number of halogens is 1. The van der Waals surface area contributed by atoms with Gasteiger partial charge in [-0.25, -0.2) is 0 Å². The number of nitrogens with one attached hydrogen (secondary N) is 1. The highest BCUT2D eigenvalue weighted by Gasteiger charge is 2.31. The Bertz CT molecular complexity index is 1140. The SMILES string of the molecule is CC(=O)N1CCc2cc(C(=O)C(C)OC(=O)CC3Sc4ccc(Cl)cc4NC3=O)ccc21. The molecule has 0 bridgehead atoms. The van der Waals surface area contributed by atoms with E-state index in [0.717, 1.165) is 16.1 Å². The molecule has 2 atom stereocenters. The Morgan fingerprint density at radius 2 is 2.03 bits per heavy atom. The van der Waals surface area contributed by atoms with Gasteiger partial charge in [-0.05, 0) is 55.3 Å². The van der Waals surface area contributed by atoms with Crippen LogP contribution in [0.4, 0.5) is 11.4 Å². The van der Waals surface area contributed by atoms with Crippen LogP contribution in [0.1, 0.15) is 36.2 Å². The van der Waals surface area contributed by atoms with E-state index >= 15 is 0 Å². The highest BCUT2D eigenvalue weighted by Crippen LogP contribution is 2.38. The van der Waals surface area contributed by atoms with Gasteiger partial charge in [0.1, 0.15) is 0 Å².